The van der Waals surface area contributed by atoms with Crippen molar-refractivity contribution in [2.45, 2.75) is 39.5 Å². The minimum absolute atomic E-state index is 0.0374. The average molecular weight is 295 g/mol. The summed E-state index contributed by atoms with van der Waals surface area (Å²) >= 11 is 1.53. The molecule has 1 aliphatic rings. The summed E-state index contributed by atoms with van der Waals surface area (Å²) in [6, 6.07) is 1.96. The molecular formula is C15H25N3OS. The highest BCUT2D eigenvalue weighted by atomic mass is 32.1. The van der Waals surface area contributed by atoms with Gasteiger partial charge in [0.1, 0.15) is 4.88 Å². The molecule has 1 fully saturated rings. The molecule has 0 spiro atoms. The maximum absolute atomic E-state index is 12.0. The number of hydrogen-bond donors (Lipinski definition) is 2. The van der Waals surface area contributed by atoms with Gasteiger partial charge in [0, 0.05) is 19.6 Å². The van der Waals surface area contributed by atoms with Crippen molar-refractivity contribution in [1.82, 2.24) is 5.32 Å². The maximum atomic E-state index is 12.0. The molecule has 5 heteroatoms. The monoisotopic (exact) mass is 295 g/mol. The minimum atomic E-state index is -0.0374. The predicted octanol–water partition coefficient (Wildman–Crippen LogP) is 3.10. The Balaban J connectivity index is 2.08. The lowest BCUT2D eigenvalue weighted by Gasteiger charge is -2.32. The molecule has 1 saturated heterocycles. The minimum Gasteiger partial charge on any atom is -0.397 e. The van der Waals surface area contributed by atoms with Crippen molar-refractivity contribution >= 4 is 27.9 Å². The summed E-state index contributed by atoms with van der Waals surface area (Å²) in [5, 5.41) is 4.04. The Morgan fingerprint density at radius 2 is 2.35 bits per heavy atom. The molecule has 112 valence electrons. The van der Waals surface area contributed by atoms with Gasteiger partial charge in [0.05, 0.1) is 10.7 Å². The molecule has 0 saturated carbocycles. The normalized spacial score (nSPS) is 19.1. The van der Waals surface area contributed by atoms with Gasteiger partial charge >= 0.3 is 0 Å². The van der Waals surface area contributed by atoms with Gasteiger partial charge in [-0.2, -0.15) is 0 Å². The fourth-order valence-electron chi connectivity index (χ4n) is 2.64. The smallest absolute Gasteiger partial charge is 0.263 e. The SMILES string of the molecule is CCCNC(=O)c1sc(N2CCCC(CC)C2)cc1N. The van der Waals surface area contributed by atoms with E-state index in [0.717, 1.165) is 30.4 Å². The molecule has 2 rings (SSSR count). The van der Waals surface area contributed by atoms with Crippen LogP contribution in [0.1, 0.15) is 49.2 Å². The van der Waals surface area contributed by atoms with E-state index in [9.17, 15) is 4.79 Å². The summed E-state index contributed by atoms with van der Waals surface area (Å²) in [6.45, 7) is 7.16. The van der Waals surface area contributed by atoms with Crippen LogP contribution in [0, 0.1) is 5.92 Å². The summed E-state index contributed by atoms with van der Waals surface area (Å²) in [6.07, 6.45) is 4.71. The van der Waals surface area contributed by atoms with Crippen LogP contribution in [0.2, 0.25) is 0 Å². The molecule has 0 aromatic carbocycles. The van der Waals surface area contributed by atoms with Crippen molar-refractivity contribution in [1.29, 1.82) is 0 Å². The zero-order valence-corrected chi connectivity index (χ0v) is 13.3. The molecular weight excluding hydrogens is 270 g/mol. The van der Waals surface area contributed by atoms with Gasteiger partial charge in [0.2, 0.25) is 0 Å². The molecule has 1 aromatic rings. The van der Waals surface area contributed by atoms with E-state index in [1.54, 1.807) is 0 Å². The van der Waals surface area contributed by atoms with Crippen LogP contribution in [0.25, 0.3) is 0 Å². The number of thiophene rings is 1. The van der Waals surface area contributed by atoms with Crippen LogP contribution < -0.4 is 16.0 Å². The van der Waals surface area contributed by atoms with E-state index in [4.69, 9.17) is 5.73 Å². The Kier molecular flexibility index (Phi) is 5.29. The van der Waals surface area contributed by atoms with Crippen molar-refractivity contribution in [2.24, 2.45) is 5.92 Å². The Morgan fingerprint density at radius 3 is 3.05 bits per heavy atom. The summed E-state index contributed by atoms with van der Waals surface area (Å²) in [7, 11) is 0. The van der Waals surface area contributed by atoms with E-state index in [2.05, 4.69) is 17.1 Å². The quantitative estimate of drug-likeness (QED) is 0.877. The first-order chi connectivity index (χ1) is 9.65. The maximum Gasteiger partial charge on any atom is 0.263 e. The highest BCUT2D eigenvalue weighted by Crippen LogP contribution is 2.35. The van der Waals surface area contributed by atoms with Gasteiger partial charge in [0.25, 0.3) is 5.91 Å². The summed E-state index contributed by atoms with van der Waals surface area (Å²) in [4.78, 5) is 15.1. The zero-order valence-electron chi connectivity index (χ0n) is 12.4. The molecule has 0 aliphatic carbocycles. The first-order valence-corrected chi connectivity index (χ1v) is 8.39. The molecule has 2 heterocycles. The van der Waals surface area contributed by atoms with E-state index in [1.165, 1.54) is 30.6 Å². The number of nitrogen functional groups attached to an aromatic ring is 1. The largest absolute Gasteiger partial charge is 0.397 e. The number of nitrogens with two attached hydrogens (primary N) is 1. The second-order valence-electron chi connectivity index (χ2n) is 5.49. The highest BCUT2D eigenvalue weighted by molar-refractivity contribution is 7.18. The fourth-order valence-corrected chi connectivity index (χ4v) is 3.67. The van der Waals surface area contributed by atoms with Crippen molar-refractivity contribution < 1.29 is 4.79 Å². The molecule has 4 nitrogen and oxygen atoms in total. The molecule has 0 radical (unpaired) electrons. The van der Waals surface area contributed by atoms with Gasteiger partial charge in [0.15, 0.2) is 0 Å². The number of rotatable bonds is 5. The Hall–Kier alpha value is -1.23. The second kappa shape index (κ2) is 6.97. The molecule has 1 atom stereocenters. The Labute approximate surface area is 125 Å². The first kappa shape index (κ1) is 15.2. The van der Waals surface area contributed by atoms with Crippen molar-refractivity contribution in [3.8, 4) is 0 Å². The zero-order chi connectivity index (χ0) is 14.5. The first-order valence-electron chi connectivity index (χ1n) is 7.58. The van der Waals surface area contributed by atoms with Crippen LogP contribution in [-0.2, 0) is 0 Å². The molecule has 1 aliphatic heterocycles. The van der Waals surface area contributed by atoms with E-state index < -0.39 is 0 Å². The number of carbonyl (C=O) groups is 1. The van der Waals surface area contributed by atoms with Crippen molar-refractivity contribution in [3.05, 3.63) is 10.9 Å². The standard InChI is InChI=1S/C15H25N3OS/c1-3-7-17-15(19)14-12(16)9-13(20-14)18-8-5-6-11(4-2)10-18/h9,11H,3-8,10,16H2,1-2H3,(H,17,19). The third-order valence-electron chi connectivity index (χ3n) is 3.90. The van der Waals surface area contributed by atoms with Crippen LogP contribution in [0.4, 0.5) is 10.7 Å². The van der Waals surface area contributed by atoms with Gasteiger partial charge in [-0.1, -0.05) is 20.3 Å². The lowest BCUT2D eigenvalue weighted by Crippen LogP contribution is -2.34. The van der Waals surface area contributed by atoms with Crippen LogP contribution in [0.3, 0.4) is 0 Å². The molecule has 20 heavy (non-hydrogen) atoms. The second-order valence-corrected chi connectivity index (χ2v) is 6.52. The van der Waals surface area contributed by atoms with Gasteiger partial charge < -0.3 is 16.0 Å². The summed E-state index contributed by atoms with van der Waals surface area (Å²) in [5.74, 6) is 0.731. The van der Waals surface area contributed by atoms with Crippen LogP contribution in [-0.4, -0.2) is 25.5 Å². The van der Waals surface area contributed by atoms with E-state index in [1.807, 2.05) is 13.0 Å². The Morgan fingerprint density at radius 1 is 1.55 bits per heavy atom. The van der Waals surface area contributed by atoms with Gasteiger partial charge in [-0.05, 0) is 31.2 Å². The summed E-state index contributed by atoms with van der Waals surface area (Å²) in [5.41, 5.74) is 6.62. The van der Waals surface area contributed by atoms with E-state index in [0.29, 0.717) is 17.1 Å². The van der Waals surface area contributed by atoms with Gasteiger partial charge in [-0.15, -0.1) is 11.3 Å². The topological polar surface area (TPSA) is 58.4 Å². The lowest BCUT2D eigenvalue weighted by atomic mass is 9.96. The average Bonchev–Trinajstić information content (AvgIpc) is 2.87. The van der Waals surface area contributed by atoms with Crippen molar-refractivity contribution in [3.63, 3.8) is 0 Å². The molecule has 1 aromatic heterocycles. The van der Waals surface area contributed by atoms with Crippen LogP contribution in [0.5, 0.6) is 0 Å². The van der Waals surface area contributed by atoms with E-state index >= 15 is 0 Å². The highest BCUT2D eigenvalue weighted by Gasteiger charge is 2.22. The lowest BCUT2D eigenvalue weighted by molar-refractivity contribution is 0.0958. The predicted molar refractivity (Wildman–Crippen MR) is 86.6 cm³/mol. The molecule has 1 unspecified atom stereocenters. The van der Waals surface area contributed by atoms with Crippen LogP contribution in [0.15, 0.2) is 6.07 Å². The number of carbonyl (C=O) groups excluding carboxylic acids is 1. The number of amides is 1. The molecule has 3 N–H and O–H groups in total. The van der Waals surface area contributed by atoms with Crippen LogP contribution >= 0.6 is 11.3 Å². The summed E-state index contributed by atoms with van der Waals surface area (Å²) < 4.78 is 0. The Bertz CT molecular complexity index is 458. The van der Waals surface area contributed by atoms with E-state index in [-0.39, 0.29) is 5.91 Å². The number of hydrogen-bond acceptors (Lipinski definition) is 4. The van der Waals surface area contributed by atoms with Gasteiger partial charge in [-0.3, -0.25) is 4.79 Å². The third-order valence-corrected chi connectivity index (χ3v) is 5.11. The number of nitrogens with one attached hydrogen (secondary N) is 1. The van der Waals surface area contributed by atoms with Gasteiger partial charge in [-0.25, -0.2) is 0 Å². The third kappa shape index (κ3) is 3.45. The number of piperidine rings is 1. The van der Waals surface area contributed by atoms with Crippen molar-refractivity contribution in [2.75, 3.05) is 30.3 Å². The molecule has 1 amide bonds. The number of anilines is 2. The molecule has 0 bridgehead atoms. The number of nitrogens with zero attached hydrogens (tertiary/aromatic N) is 1. The fraction of sp³-hybridized carbons (Fsp3) is 0.667.